The zero-order chi connectivity index (χ0) is 11.1. The van der Waals surface area contributed by atoms with Crippen molar-refractivity contribution in [3.05, 3.63) is 34.9 Å². The Hall–Kier alpha value is -0.570. The second kappa shape index (κ2) is 6.83. The summed E-state index contributed by atoms with van der Waals surface area (Å²) in [6.07, 6.45) is 1.64. The summed E-state index contributed by atoms with van der Waals surface area (Å²) in [4.78, 5) is 0. The lowest BCUT2D eigenvalue weighted by molar-refractivity contribution is 0.160. The topological polar surface area (TPSA) is 32.3 Å². The Kier molecular flexibility index (Phi) is 5.69. The smallest absolute Gasteiger partial charge is 0.0664 e. The molecule has 1 atom stereocenters. The Labute approximate surface area is 96.3 Å². The second-order valence-electron chi connectivity index (χ2n) is 3.70. The van der Waals surface area contributed by atoms with Gasteiger partial charge in [0.2, 0.25) is 0 Å². The number of hydrogen-bond acceptors (Lipinski definition) is 2. The van der Waals surface area contributed by atoms with Crippen molar-refractivity contribution in [2.75, 3.05) is 6.54 Å². The first kappa shape index (κ1) is 12.5. The van der Waals surface area contributed by atoms with E-state index in [4.69, 9.17) is 11.6 Å². The summed E-state index contributed by atoms with van der Waals surface area (Å²) in [5.74, 6) is 0. The van der Waals surface area contributed by atoms with Gasteiger partial charge in [0.1, 0.15) is 0 Å². The van der Waals surface area contributed by atoms with Gasteiger partial charge in [-0.05, 0) is 24.1 Å². The van der Waals surface area contributed by atoms with Crippen LogP contribution in [0.15, 0.2) is 24.3 Å². The first-order chi connectivity index (χ1) is 7.22. The van der Waals surface area contributed by atoms with E-state index in [2.05, 4.69) is 12.2 Å². The summed E-state index contributed by atoms with van der Waals surface area (Å²) in [6.45, 7) is 3.50. The van der Waals surface area contributed by atoms with Crippen LogP contribution in [0, 0.1) is 0 Å². The molecular weight excluding hydrogens is 210 g/mol. The average molecular weight is 228 g/mol. The highest BCUT2D eigenvalue weighted by Crippen LogP contribution is 2.09. The van der Waals surface area contributed by atoms with E-state index in [1.54, 1.807) is 0 Å². The van der Waals surface area contributed by atoms with Gasteiger partial charge in [-0.2, -0.15) is 0 Å². The Bertz CT molecular complexity index is 273. The number of benzene rings is 1. The summed E-state index contributed by atoms with van der Waals surface area (Å²) in [7, 11) is 0. The molecule has 1 rings (SSSR count). The Balaban J connectivity index is 2.22. The molecule has 15 heavy (non-hydrogen) atoms. The molecule has 0 spiro atoms. The summed E-state index contributed by atoms with van der Waals surface area (Å²) < 4.78 is 0. The van der Waals surface area contributed by atoms with Crippen LogP contribution in [0.2, 0.25) is 5.02 Å². The van der Waals surface area contributed by atoms with Crippen molar-refractivity contribution in [3.63, 3.8) is 0 Å². The summed E-state index contributed by atoms with van der Waals surface area (Å²) >= 11 is 5.78. The first-order valence-electron chi connectivity index (χ1n) is 5.35. The molecule has 0 aliphatic heterocycles. The van der Waals surface area contributed by atoms with Gasteiger partial charge in [0.05, 0.1) is 6.10 Å². The summed E-state index contributed by atoms with van der Waals surface area (Å²) in [6, 6.07) is 7.73. The summed E-state index contributed by atoms with van der Waals surface area (Å²) in [5, 5.41) is 13.5. The van der Waals surface area contributed by atoms with Crippen molar-refractivity contribution in [3.8, 4) is 0 Å². The van der Waals surface area contributed by atoms with Gasteiger partial charge in [0, 0.05) is 18.1 Å². The van der Waals surface area contributed by atoms with E-state index in [0.29, 0.717) is 6.54 Å². The lowest BCUT2D eigenvalue weighted by Crippen LogP contribution is -2.26. The van der Waals surface area contributed by atoms with E-state index >= 15 is 0 Å². The van der Waals surface area contributed by atoms with Crippen LogP contribution in [0.1, 0.15) is 25.3 Å². The normalized spacial score (nSPS) is 12.7. The van der Waals surface area contributed by atoms with Crippen molar-refractivity contribution in [2.24, 2.45) is 0 Å². The maximum atomic E-state index is 9.49. The predicted octanol–water partition coefficient (Wildman–Crippen LogP) is 2.59. The first-order valence-corrected chi connectivity index (χ1v) is 5.73. The van der Waals surface area contributed by atoms with Crippen molar-refractivity contribution < 1.29 is 5.11 Å². The van der Waals surface area contributed by atoms with E-state index in [-0.39, 0.29) is 6.10 Å². The molecule has 0 aromatic heterocycles. The third-order valence-electron chi connectivity index (χ3n) is 2.24. The molecule has 84 valence electrons. The molecule has 3 heteroatoms. The molecule has 0 heterocycles. The number of aliphatic hydroxyl groups excluding tert-OH is 1. The van der Waals surface area contributed by atoms with Crippen LogP contribution in [0.25, 0.3) is 0 Å². The quantitative estimate of drug-likeness (QED) is 0.783. The third kappa shape index (κ3) is 5.17. The molecule has 2 nitrogen and oxygen atoms in total. The molecule has 0 aliphatic carbocycles. The summed E-state index contributed by atoms with van der Waals surface area (Å²) in [5.41, 5.74) is 1.18. The van der Waals surface area contributed by atoms with E-state index in [9.17, 15) is 5.11 Å². The van der Waals surface area contributed by atoms with E-state index in [1.807, 2.05) is 24.3 Å². The van der Waals surface area contributed by atoms with Gasteiger partial charge < -0.3 is 10.4 Å². The van der Waals surface area contributed by atoms with Gasteiger partial charge >= 0.3 is 0 Å². The highest BCUT2D eigenvalue weighted by Gasteiger charge is 2.01. The monoisotopic (exact) mass is 227 g/mol. The molecule has 0 fully saturated rings. The number of aliphatic hydroxyl groups is 1. The van der Waals surface area contributed by atoms with Crippen LogP contribution in [0.5, 0.6) is 0 Å². The fourth-order valence-corrected chi connectivity index (χ4v) is 1.55. The molecule has 0 saturated carbocycles. The van der Waals surface area contributed by atoms with Crippen molar-refractivity contribution in [2.45, 2.75) is 32.4 Å². The van der Waals surface area contributed by atoms with Gasteiger partial charge in [-0.25, -0.2) is 0 Å². The van der Waals surface area contributed by atoms with Crippen LogP contribution in [-0.4, -0.2) is 17.8 Å². The zero-order valence-corrected chi connectivity index (χ0v) is 9.80. The highest BCUT2D eigenvalue weighted by molar-refractivity contribution is 6.30. The predicted molar refractivity (Wildman–Crippen MR) is 64.1 cm³/mol. The van der Waals surface area contributed by atoms with Crippen LogP contribution < -0.4 is 5.32 Å². The fraction of sp³-hybridized carbons (Fsp3) is 0.500. The van der Waals surface area contributed by atoms with Crippen LogP contribution in [0.3, 0.4) is 0 Å². The number of halogens is 1. The van der Waals surface area contributed by atoms with Crippen molar-refractivity contribution in [1.29, 1.82) is 0 Å². The number of rotatable bonds is 6. The second-order valence-corrected chi connectivity index (χ2v) is 4.14. The third-order valence-corrected chi connectivity index (χ3v) is 2.50. The SMILES string of the molecule is CCCC(O)CNCc1ccc(Cl)cc1. The maximum absolute atomic E-state index is 9.49. The molecule has 1 aromatic rings. The van der Waals surface area contributed by atoms with E-state index in [1.165, 1.54) is 5.56 Å². The largest absolute Gasteiger partial charge is 0.392 e. The molecule has 0 amide bonds. The Morgan fingerprint density at radius 3 is 2.60 bits per heavy atom. The van der Waals surface area contributed by atoms with Crippen LogP contribution >= 0.6 is 11.6 Å². The molecule has 0 radical (unpaired) electrons. The van der Waals surface area contributed by atoms with E-state index in [0.717, 1.165) is 24.4 Å². The molecule has 1 aromatic carbocycles. The minimum absolute atomic E-state index is 0.234. The Morgan fingerprint density at radius 2 is 2.00 bits per heavy atom. The molecule has 1 unspecified atom stereocenters. The molecule has 0 aliphatic rings. The lowest BCUT2D eigenvalue weighted by atomic mass is 10.2. The fourth-order valence-electron chi connectivity index (χ4n) is 1.42. The van der Waals surface area contributed by atoms with Crippen molar-refractivity contribution >= 4 is 11.6 Å². The molecule has 0 saturated heterocycles. The van der Waals surface area contributed by atoms with Gasteiger partial charge in [-0.3, -0.25) is 0 Å². The molecule has 0 bridgehead atoms. The molecular formula is C12H18ClNO. The standard InChI is InChI=1S/C12H18ClNO/c1-2-3-12(15)9-14-8-10-4-6-11(13)7-5-10/h4-7,12,14-15H,2-3,8-9H2,1H3. The van der Waals surface area contributed by atoms with Gasteiger partial charge in [-0.1, -0.05) is 37.1 Å². The van der Waals surface area contributed by atoms with E-state index < -0.39 is 0 Å². The van der Waals surface area contributed by atoms with Gasteiger partial charge in [-0.15, -0.1) is 0 Å². The van der Waals surface area contributed by atoms with Gasteiger partial charge in [0.15, 0.2) is 0 Å². The number of nitrogens with one attached hydrogen (secondary N) is 1. The lowest BCUT2D eigenvalue weighted by Gasteiger charge is -2.10. The molecule has 2 N–H and O–H groups in total. The number of hydrogen-bond donors (Lipinski definition) is 2. The Morgan fingerprint density at radius 1 is 1.33 bits per heavy atom. The van der Waals surface area contributed by atoms with Crippen LogP contribution in [-0.2, 0) is 6.54 Å². The van der Waals surface area contributed by atoms with Crippen molar-refractivity contribution in [1.82, 2.24) is 5.32 Å². The van der Waals surface area contributed by atoms with Crippen LogP contribution in [0.4, 0.5) is 0 Å². The maximum Gasteiger partial charge on any atom is 0.0664 e. The minimum atomic E-state index is -0.234. The highest BCUT2D eigenvalue weighted by atomic mass is 35.5. The average Bonchev–Trinajstić information content (AvgIpc) is 2.21. The van der Waals surface area contributed by atoms with Gasteiger partial charge in [0.25, 0.3) is 0 Å². The zero-order valence-electron chi connectivity index (χ0n) is 9.04. The minimum Gasteiger partial charge on any atom is -0.392 e.